The van der Waals surface area contributed by atoms with E-state index in [0.29, 0.717) is 6.04 Å². The second-order valence-corrected chi connectivity index (χ2v) is 5.82. The Bertz CT molecular complexity index is 264. The molecule has 0 amide bonds. The van der Waals surface area contributed by atoms with Gasteiger partial charge < -0.3 is 5.32 Å². The molecular weight excluding hydrogens is 282 g/mol. The SMILES string of the molecule is CCC(CC)NCc1cc(Br)c(Cl)s1. The molecule has 1 aromatic rings. The molecule has 0 aliphatic carbocycles. The summed E-state index contributed by atoms with van der Waals surface area (Å²) in [4.78, 5) is 1.29. The minimum absolute atomic E-state index is 0.620. The van der Waals surface area contributed by atoms with Crippen LogP contribution in [0.3, 0.4) is 0 Å². The van der Waals surface area contributed by atoms with E-state index in [4.69, 9.17) is 11.6 Å². The Hall–Kier alpha value is 0.430. The molecule has 0 aliphatic rings. The van der Waals surface area contributed by atoms with E-state index in [1.807, 2.05) is 0 Å². The molecule has 0 aliphatic heterocycles. The fourth-order valence-corrected chi connectivity index (χ4v) is 3.04. The summed E-state index contributed by atoms with van der Waals surface area (Å²) in [5, 5.41) is 3.51. The van der Waals surface area contributed by atoms with Gasteiger partial charge in [0.1, 0.15) is 4.34 Å². The Morgan fingerprint density at radius 2 is 2.14 bits per heavy atom. The third kappa shape index (κ3) is 3.54. The van der Waals surface area contributed by atoms with Crippen LogP contribution in [-0.4, -0.2) is 6.04 Å². The van der Waals surface area contributed by atoms with Gasteiger partial charge in [-0.05, 0) is 34.8 Å². The molecule has 1 heterocycles. The van der Waals surface area contributed by atoms with Crippen molar-refractivity contribution in [2.45, 2.75) is 39.3 Å². The lowest BCUT2D eigenvalue weighted by molar-refractivity contribution is 0.486. The zero-order valence-electron chi connectivity index (χ0n) is 8.44. The minimum Gasteiger partial charge on any atom is -0.309 e. The van der Waals surface area contributed by atoms with E-state index in [-0.39, 0.29) is 0 Å². The molecule has 0 radical (unpaired) electrons. The van der Waals surface area contributed by atoms with E-state index < -0.39 is 0 Å². The summed E-state index contributed by atoms with van der Waals surface area (Å²) >= 11 is 11.0. The molecule has 0 aromatic carbocycles. The second-order valence-electron chi connectivity index (χ2n) is 3.23. The molecule has 0 unspecified atom stereocenters. The number of rotatable bonds is 5. The number of halogens is 2. The molecule has 1 aromatic heterocycles. The predicted octanol–water partition coefficient (Wildman–Crippen LogP) is 4.44. The maximum absolute atomic E-state index is 5.96. The average Bonchev–Trinajstić information content (AvgIpc) is 2.48. The zero-order valence-corrected chi connectivity index (χ0v) is 11.6. The summed E-state index contributed by atoms with van der Waals surface area (Å²) < 4.78 is 1.84. The van der Waals surface area contributed by atoms with Crippen LogP contribution >= 0.6 is 38.9 Å². The minimum atomic E-state index is 0.620. The Morgan fingerprint density at radius 3 is 2.57 bits per heavy atom. The van der Waals surface area contributed by atoms with Gasteiger partial charge in [-0.2, -0.15) is 0 Å². The molecule has 0 fully saturated rings. The average molecular weight is 297 g/mol. The van der Waals surface area contributed by atoms with Crippen LogP contribution in [0.4, 0.5) is 0 Å². The van der Waals surface area contributed by atoms with Gasteiger partial charge in [0.2, 0.25) is 0 Å². The van der Waals surface area contributed by atoms with Crippen molar-refractivity contribution in [2.24, 2.45) is 0 Å². The van der Waals surface area contributed by atoms with Crippen molar-refractivity contribution in [3.8, 4) is 0 Å². The van der Waals surface area contributed by atoms with Gasteiger partial charge in [0, 0.05) is 21.9 Å². The van der Waals surface area contributed by atoms with Crippen molar-refractivity contribution in [1.82, 2.24) is 5.32 Å². The van der Waals surface area contributed by atoms with Crippen LogP contribution in [0.25, 0.3) is 0 Å². The van der Waals surface area contributed by atoms with Gasteiger partial charge in [-0.15, -0.1) is 11.3 Å². The Balaban J connectivity index is 2.45. The van der Waals surface area contributed by atoms with Crippen LogP contribution in [-0.2, 0) is 6.54 Å². The Labute approximate surface area is 103 Å². The smallest absolute Gasteiger partial charge is 0.107 e. The highest BCUT2D eigenvalue weighted by atomic mass is 79.9. The van der Waals surface area contributed by atoms with Crippen LogP contribution in [0.2, 0.25) is 4.34 Å². The van der Waals surface area contributed by atoms with Gasteiger partial charge in [-0.3, -0.25) is 0 Å². The van der Waals surface area contributed by atoms with Crippen molar-refractivity contribution in [2.75, 3.05) is 0 Å². The second kappa shape index (κ2) is 6.11. The Morgan fingerprint density at radius 1 is 1.50 bits per heavy atom. The topological polar surface area (TPSA) is 12.0 Å². The lowest BCUT2D eigenvalue weighted by atomic mass is 10.2. The fourth-order valence-electron chi connectivity index (χ4n) is 1.30. The highest BCUT2D eigenvalue weighted by molar-refractivity contribution is 9.10. The third-order valence-electron chi connectivity index (χ3n) is 2.25. The standard InChI is InChI=1S/C10H15BrClNS/c1-3-7(4-2)13-6-8-5-9(11)10(12)14-8/h5,7,13H,3-4,6H2,1-2H3. The van der Waals surface area contributed by atoms with Gasteiger partial charge in [-0.1, -0.05) is 25.4 Å². The van der Waals surface area contributed by atoms with E-state index in [2.05, 4.69) is 41.2 Å². The zero-order chi connectivity index (χ0) is 10.6. The van der Waals surface area contributed by atoms with Crippen molar-refractivity contribution in [3.05, 3.63) is 19.8 Å². The molecule has 0 atom stereocenters. The van der Waals surface area contributed by atoms with Crippen LogP contribution in [0, 0.1) is 0 Å². The summed E-state index contributed by atoms with van der Waals surface area (Å²) in [5.41, 5.74) is 0. The number of hydrogen-bond donors (Lipinski definition) is 1. The van der Waals surface area contributed by atoms with Crippen LogP contribution < -0.4 is 5.32 Å². The van der Waals surface area contributed by atoms with Crippen LogP contribution in [0.1, 0.15) is 31.6 Å². The molecule has 14 heavy (non-hydrogen) atoms. The molecular formula is C10H15BrClNS. The normalized spacial score (nSPS) is 11.2. The lowest BCUT2D eigenvalue weighted by Crippen LogP contribution is -2.26. The lowest BCUT2D eigenvalue weighted by Gasteiger charge is -2.13. The van der Waals surface area contributed by atoms with Gasteiger partial charge in [0.25, 0.3) is 0 Å². The first-order valence-electron chi connectivity index (χ1n) is 4.84. The largest absolute Gasteiger partial charge is 0.309 e. The van der Waals surface area contributed by atoms with Crippen LogP contribution in [0.5, 0.6) is 0 Å². The van der Waals surface area contributed by atoms with Crippen LogP contribution in [0.15, 0.2) is 10.5 Å². The quantitative estimate of drug-likeness (QED) is 0.847. The highest BCUT2D eigenvalue weighted by Crippen LogP contribution is 2.31. The highest BCUT2D eigenvalue weighted by Gasteiger charge is 2.06. The van der Waals surface area contributed by atoms with Crippen molar-refractivity contribution >= 4 is 38.9 Å². The monoisotopic (exact) mass is 295 g/mol. The third-order valence-corrected chi connectivity index (χ3v) is 4.72. The first-order valence-corrected chi connectivity index (χ1v) is 6.83. The fraction of sp³-hybridized carbons (Fsp3) is 0.600. The van der Waals surface area contributed by atoms with E-state index in [1.165, 1.54) is 17.7 Å². The molecule has 0 bridgehead atoms. The molecule has 4 heteroatoms. The molecule has 0 spiro atoms. The van der Waals surface area contributed by atoms with E-state index in [1.54, 1.807) is 11.3 Å². The first-order chi connectivity index (χ1) is 6.67. The van der Waals surface area contributed by atoms with E-state index in [9.17, 15) is 0 Å². The van der Waals surface area contributed by atoms with E-state index >= 15 is 0 Å². The summed E-state index contributed by atoms with van der Waals surface area (Å²) in [5.74, 6) is 0. The van der Waals surface area contributed by atoms with Crippen molar-refractivity contribution in [3.63, 3.8) is 0 Å². The number of hydrogen-bond acceptors (Lipinski definition) is 2. The molecule has 1 rings (SSSR count). The van der Waals surface area contributed by atoms with Gasteiger partial charge in [0.15, 0.2) is 0 Å². The maximum Gasteiger partial charge on any atom is 0.107 e. The number of nitrogens with one attached hydrogen (secondary N) is 1. The van der Waals surface area contributed by atoms with Gasteiger partial charge >= 0.3 is 0 Å². The predicted molar refractivity (Wildman–Crippen MR) is 68.2 cm³/mol. The van der Waals surface area contributed by atoms with Gasteiger partial charge in [0.05, 0.1) is 0 Å². The molecule has 1 N–H and O–H groups in total. The first kappa shape index (κ1) is 12.5. The summed E-state index contributed by atoms with van der Waals surface area (Å²) in [6.45, 7) is 5.33. The van der Waals surface area contributed by atoms with E-state index in [0.717, 1.165) is 15.4 Å². The summed E-state index contributed by atoms with van der Waals surface area (Å²) in [7, 11) is 0. The Kier molecular flexibility index (Phi) is 5.45. The molecule has 80 valence electrons. The number of thiophene rings is 1. The summed E-state index contributed by atoms with van der Waals surface area (Å²) in [6.07, 6.45) is 2.35. The summed E-state index contributed by atoms with van der Waals surface area (Å²) in [6, 6.07) is 2.71. The molecule has 1 nitrogen and oxygen atoms in total. The van der Waals surface area contributed by atoms with Crippen molar-refractivity contribution in [1.29, 1.82) is 0 Å². The van der Waals surface area contributed by atoms with Crippen molar-refractivity contribution < 1.29 is 0 Å². The maximum atomic E-state index is 5.96. The van der Waals surface area contributed by atoms with Gasteiger partial charge in [-0.25, -0.2) is 0 Å². The molecule has 0 saturated carbocycles. The molecule has 0 saturated heterocycles.